The molecule has 0 radical (unpaired) electrons. The number of hydrogen-bond acceptors (Lipinski definition) is 17. The molecule has 19 nitrogen and oxygen atoms in total. The Labute approximate surface area is 360 Å². The molecule has 336 valence electrons. The molecule has 0 aliphatic carbocycles. The highest BCUT2D eigenvalue weighted by atomic mass is 127. The highest BCUT2D eigenvalue weighted by molar-refractivity contribution is 14.1. The van der Waals surface area contributed by atoms with E-state index in [-0.39, 0.29) is 24.0 Å². The number of nitrogens with zero attached hydrogens (tertiary/aromatic N) is 1. The predicted octanol–water partition coefficient (Wildman–Crippen LogP) is 1.13. The second kappa shape index (κ2) is 34.2. The standard InChI is InChI=1S/C39H62IN3O16/c40-6-8-48-10-12-50-14-16-52-18-20-54-22-24-56-26-28-58-30-31-59-29-27-57-25-23-55-21-19-53-17-15-51-13-11-49-9-7-41-33-3-1-2-32-36(33)39(47)43(38(32)46)34-4-5-35(44)42-37(34)45/h1-3,34,41H,4-31H2,(H,42,44,45). The summed E-state index contributed by atoms with van der Waals surface area (Å²) in [6, 6.07) is 3.90. The fourth-order valence-electron chi connectivity index (χ4n) is 5.50. The van der Waals surface area contributed by atoms with Crippen molar-refractivity contribution in [2.45, 2.75) is 18.9 Å². The first-order valence-corrected chi connectivity index (χ1v) is 21.6. The third-order valence-electron chi connectivity index (χ3n) is 8.34. The molecule has 0 spiro atoms. The number of piperidine rings is 1. The van der Waals surface area contributed by atoms with Crippen molar-refractivity contribution in [2.75, 3.05) is 175 Å². The zero-order chi connectivity index (χ0) is 42.0. The summed E-state index contributed by atoms with van der Waals surface area (Å²) in [6.45, 7) is 12.1. The van der Waals surface area contributed by atoms with Crippen LogP contribution in [0.15, 0.2) is 18.2 Å². The Bertz CT molecular complexity index is 1310. The quantitative estimate of drug-likeness (QED) is 0.0410. The number of alkyl halides is 1. The van der Waals surface area contributed by atoms with Gasteiger partial charge in [0, 0.05) is 23.1 Å². The van der Waals surface area contributed by atoms with Gasteiger partial charge in [0.1, 0.15) is 6.04 Å². The summed E-state index contributed by atoms with van der Waals surface area (Å²) in [6.07, 6.45) is 0.167. The lowest BCUT2D eigenvalue weighted by atomic mass is 10.0. The number of carbonyl (C=O) groups excluding carboxylic acids is 4. The molecule has 1 aromatic carbocycles. The number of rotatable bonds is 40. The Morgan fingerprint density at radius 2 is 0.898 bits per heavy atom. The summed E-state index contributed by atoms with van der Waals surface area (Å²) in [7, 11) is 0. The molecule has 2 aliphatic heterocycles. The number of amides is 4. The van der Waals surface area contributed by atoms with Gasteiger partial charge in [-0.2, -0.15) is 0 Å². The number of imide groups is 2. The Balaban J connectivity index is 0.981. The molecule has 1 saturated heterocycles. The van der Waals surface area contributed by atoms with Crippen LogP contribution < -0.4 is 10.6 Å². The van der Waals surface area contributed by atoms with Crippen molar-refractivity contribution < 1.29 is 76.0 Å². The molecule has 59 heavy (non-hydrogen) atoms. The molecule has 20 heteroatoms. The van der Waals surface area contributed by atoms with Crippen LogP contribution in [0.3, 0.4) is 0 Å². The average molecular weight is 956 g/mol. The van der Waals surface area contributed by atoms with E-state index in [1.165, 1.54) is 0 Å². The van der Waals surface area contributed by atoms with Gasteiger partial charge in [0.25, 0.3) is 11.8 Å². The van der Waals surface area contributed by atoms with E-state index in [2.05, 4.69) is 33.2 Å². The lowest BCUT2D eigenvalue weighted by Gasteiger charge is -2.27. The van der Waals surface area contributed by atoms with Crippen LogP contribution in [0.25, 0.3) is 0 Å². The Morgan fingerprint density at radius 3 is 1.27 bits per heavy atom. The summed E-state index contributed by atoms with van der Waals surface area (Å²) < 4.78 is 66.7. The number of anilines is 1. The van der Waals surface area contributed by atoms with E-state index in [1.807, 2.05) is 0 Å². The average Bonchev–Trinajstić information content (AvgIpc) is 3.49. The van der Waals surface area contributed by atoms with E-state index in [0.29, 0.717) is 164 Å². The highest BCUT2D eigenvalue weighted by Crippen LogP contribution is 2.32. The Hall–Kier alpha value is -2.45. The molecule has 1 unspecified atom stereocenters. The van der Waals surface area contributed by atoms with Gasteiger partial charge in [-0.15, -0.1) is 0 Å². The van der Waals surface area contributed by atoms with Crippen LogP contribution in [0.2, 0.25) is 0 Å². The van der Waals surface area contributed by atoms with Gasteiger partial charge in [0.05, 0.1) is 170 Å². The number of halogens is 1. The van der Waals surface area contributed by atoms with Crippen LogP contribution in [0.4, 0.5) is 5.69 Å². The van der Waals surface area contributed by atoms with Crippen LogP contribution in [0.5, 0.6) is 0 Å². The first-order chi connectivity index (χ1) is 29.0. The van der Waals surface area contributed by atoms with E-state index in [4.69, 9.17) is 56.8 Å². The lowest BCUT2D eigenvalue weighted by molar-refractivity contribution is -0.136. The molecule has 2 N–H and O–H groups in total. The minimum absolute atomic E-state index is 0.0647. The maximum absolute atomic E-state index is 13.2. The fraction of sp³-hybridized carbons (Fsp3) is 0.744. The summed E-state index contributed by atoms with van der Waals surface area (Å²) >= 11 is 2.27. The molecule has 3 rings (SSSR count). The maximum atomic E-state index is 13.2. The van der Waals surface area contributed by atoms with Crippen molar-refractivity contribution in [3.63, 3.8) is 0 Å². The molecule has 0 saturated carbocycles. The Morgan fingerprint density at radius 1 is 0.525 bits per heavy atom. The molecule has 0 bridgehead atoms. The number of fused-ring (bicyclic) bond motifs is 1. The molecule has 2 aliphatic rings. The molecule has 1 fully saturated rings. The van der Waals surface area contributed by atoms with Gasteiger partial charge in [-0.1, -0.05) is 28.7 Å². The summed E-state index contributed by atoms with van der Waals surface area (Å²) in [4.78, 5) is 50.9. The van der Waals surface area contributed by atoms with Gasteiger partial charge in [-0.25, -0.2) is 0 Å². The van der Waals surface area contributed by atoms with Crippen LogP contribution in [0.1, 0.15) is 33.6 Å². The number of nitrogens with one attached hydrogen (secondary N) is 2. The van der Waals surface area contributed by atoms with Gasteiger partial charge in [0.2, 0.25) is 11.8 Å². The smallest absolute Gasteiger partial charge is 0.264 e. The van der Waals surface area contributed by atoms with Crippen molar-refractivity contribution in [3.05, 3.63) is 29.3 Å². The molecule has 1 atom stereocenters. The van der Waals surface area contributed by atoms with Crippen LogP contribution >= 0.6 is 22.6 Å². The third kappa shape index (κ3) is 22.3. The summed E-state index contributed by atoms with van der Waals surface area (Å²) in [5.74, 6) is -2.17. The van der Waals surface area contributed by atoms with Crippen molar-refractivity contribution in [1.29, 1.82) is 0 Å². The van der Waals surface area contributed by atoms with Crippen LogP contribution in [0, 0.1) is 0 Å². The van der Waals surface area contributed by atoms with E-state index in [1.54, 1.807) is 18.2 Å². The van der Waals surface area contributed by atoms with E-state index < -0.39 is 29.7 Å². The number of hydrogen-bond donors (Lipinski definition) is 2. The van der Waals surface area contributed by atoms with Gasteiger partial charge in [-0.05, 0) is 18.6 Å². The monoisotopic (exact) mass is 955 g/mol. The third-order valence-corrected chi connectivity index (χ3v) is 8.78. The normalized spacial score (nSPS) is 15.3. The lowest BCUT2D eigenvalue weighted by Crippen LogP contribution is -2.54. The SMILES string of the molecule is O=C1CCC(N2C(=O)c3cccc(NCCOCCOCCOCCOCCOCCOCCOCCOCCOCCOCCOCCOCCI)c3C2=O)C(=O)N1. The molecule has 4 amide bonds. The number of carbonyl (C=O) groups is 4. The first kappa shape index (κ1) is 50.9. The fourth-order valence-corrected chi connectivity index (χ4v) is 5.81. The second-order valence-electron chi connectivity index (χ2n) is 12.6. The largest absolute Gasteiger partial charge is 0.382 e. The predicted molar refractivity (Wildman–Crippen MR) is 220 cm³/mol. The maximum Gasteiger partial charge on any atom is 0.264 e. The highest BCUT2D eigenvalue weighted by Gasteiger charge is 2.45. The minimum atomic E-state index is -1.01. The van der Waals surface area contributed by atoms with Gasteiger partial charge in [0.15, 0.2) is 0 Å². The van der Waals surface area contributed by atoms with Crippen LogP contribution in [-0.2, 0) is 66.4 Å². The topological polar surface area (TPSA) is 206 Å². The summed E-state index contributed by atoms with van der Waals surface area (Å²) in [5.41, 5.74) is 0.905. The Kier molecular flexibility index (Phi) is 29.5. The zero-order valence-corrected chi connectivity index (χ0v) is 36.1. The minimum Gasteiger partial charge on any atom is -0.382 e. The zero-order valence-electron chi connectivity index (χ0n) is 34.0. The van der Waals surface area contributed by atoms with Gasteiger partial charge < -0.3 is 62.2 Å². The first-order valence-electron chi connectivity index (χ1n) is 20.1. The summed E-state index contributed by atoms with van der Waals surface area (Å²) in [5, 5.41) is 5.33. The molecule has 2 heterocycles. The van der Waals surface area contributed by atoms with Crippen molar-refractivity contribution in [3.8, 4) is 0 Å². The van der Waals surface area contributed by atoms with Crippen molar-refractivity contribution in [2.24, 2.45) is 0 Å². The van der Waals surface area contributed by atoms with E-state index in [9.17, 15) is 19.2 Å². The van der Waals surface area contributed by atoms with Gasteiger partial charge in [-0.3, -0.25) is 29.4 Å². The van der Waals surface area contributed by atoms with Gasteiger partial charge >= 0.3 is 0 Å². The molecule has 1 aromatic rings. The number of benzene rings is 1. The van der Waals surface area contributed by atoms with Crippen molar-refractivity contribution in [1.82, 2.24) is 10.2 Å². The second-order valence-corrected chi connectivity index (χ2v) is 13.7. The molecular formula is C39H62IN3O16. The van der Waals surface area contributed by atoms with Crippen molar-refractivity contribution >= 4 is 51.9 Å². The van der Waals surface area contributed by atoms with Crippen LogP contribution in [-0.4, -0.2) is 204 Å². The molecular weight excluding hydrogens is 893 g/mol. The number of ether oxygens (including phenoxy) is 12. The van der Waals surface area contributed by atoms with E-state index in [0.717, 1.165) is 15.9 Å². The van der Waals surface area contributed by atoms with E-state index >= 15 is 0 Å². The molecule has 0 aromatic heterocycles.